The van der Waals surface area contributed by atoms with Crippen LogP contribution in [-0.4, -0.2) is 36.5 Å². The van der Waals surface area contributed by atoms with Gasteiger partial charge in [0.15, 0.2) is 0 Å². The summed E-state index contributed by atoms with van der Waals surface area (Å²) in [7, 11) is 0. The van der Waals surface area contributed by atoms with E-state index in [4.69, 9.17) is 0 Å². The van der Waals surface area contributed by atoms with Gasteiger partial charge in [0.05, 0.1) is 5.56 Å². The molecule has 1 aliphatic heterocycles. The third-order valence-corrected chi connectivity index (χ3v) is 3.97. The van der Waals surface area contributed by atoms with E-state index in [-0.39, 0.29) is 5.91 Å². The van der Waals surface area contributed by atoms with E-state index in [0.717, 1.165) is 34.1 Å². The molecule has 1 aromatic rings. The van der Waals surface area contributed by atoms with Gasteiger partial charge in [0.25, 0.3) is 5.91 Å². The van der Waals surface area contributed by atoms with Gasteiger partial charge >= 0.3 is 0 Å². The maximum Gasteiger partial charge on any atom is 0.255 e. The normalized spacial score (nSPS) is 20.4. The number of rotatable bonds is 1. The second kappa shape index (κ2) is 5.50. The molecule has 1 amide bonds. The summed E-state index contributed by atoms with van der Waals surface area (Å²) in [6.07, 6.45) is 0. The maximum atomic E-state index is 12.3. The molecule has 1 N–H and O–H groups in total. The molecule has 1 heterocycles. The van der Waals surface area contributed by atoms with Crippen LogP contribution >= 0.6 is 31.9 Å². The molecule has 1 aromatic carbocycles. The first-order valence-electron chi connectivity index (χ1n) is 5.55. The predicted molar refractivity (Wildman–Crippen MR) is 75.2 cm³/mol. The van der Waals surface area contributed by atoms with Crippen LogP contribution in [0.15, 0.2) is 27.1 Å². The highest BCUT2D eigenvalue weighted by atomic mass is 79.9. The van der Waals surface area contributed by atoms with E-state index in [0.29, 0.717) is 6.04 Å². The highest BCUT2D eigenvalue weighted by Gasteiger charge is 2.22. The summed E-state index contributed by atoms with van der Waals surface area (Å²) in [5.74, 6) is 0.0951. The summed E-state index contributed by atoms with van der Waals surface area (Å²) in [6, 6.07) is 6.01. The van der Waals surface area contributed by atoms with E-state index in [9.17, 15) is 4.79 Å². The molecule has 5 heteroatoms. The van der Waals surface area contributed by atoms with E-state index in [1.54, 1.807) is 0 Å². The number of nitrogens with zero attached hydrogens (tertiary/aromatic N) is 1. The molecule has 0 unspecified atom stereocenters. The van der Waals surface area contributed by atoms with Crippen LogP contribution in [0.3, 0.4) is 0 Å². The van der Waals surface area contributed by atoms with Crippen molar-refractivity contribution in [2.45, 2.75) is 13.0 Å². The molecule has 17 heavy (non-hydrogen) atoms. The lowest BCUT2D eigenvalue weighted by molar-refractivity contribution is 0.0708. The Bertz CT molecular complexity index is 437. The number of piperazine rings is 1. The van der Waals surface area contributed by atoms with Crippen molar-refractivity contribution < 1.29 is 4.79 Å². The van der Waals surface area contributed by atoms with Crippen LogP contribution in [0.25, 0.3) is 0 Å². The Hall–Kier alpha value is -0.390. The summed E-state index contributed by atoms with van der Waals surface area (Å²) >= 11 is 6.82. The van der Waals surface area contributed by atoms with Crippen molar-refractivity contribution in [1.29, 1.82) is 0 Å². The molecule has 1 aliphatic rings. The molecule has 3 nitrogen and oxygen atoms in total. The van der Waals surface area contributed by atoms with Gasteiger partial charge in [0.2, 0.25) is 0 Å². The maximum absolute atomic E-state index is 12.3. The summed E-state index contributed by atoms with van der Waals surface area (Å²) in [5, 5.41) is 3.33. The molecule has 0 spiro atoms. The van der Waals surface area contributed by atoms with E-state index >= 15 is 0 Å². The Labute approximate surface area is 118 Å². The van der Waals surface area contributed by atoms with E-state index in [2.05, 4.69) is 44.1 Å². The van der Waals surface area contributed by atoms with Crippen molar-refractivity contribution in [2.24, 2.45) is 0 Å². The lowest BCUT2D eigenvalue weighted by atomic mass is 10.1. The van der Waals surface area contributed by atoms with Crippen LogP contribution in [-0.2, 0) is 0 Å². The molecule has 0 bridgehead atoms. The summed E-state index contributed by atoms with van der Waals surface area (Å²) < 4.78 is 1.80. The van der Waals surface area contributed by atoms with Gasteiger partial charge in [-0.25, -0.2) is 0 Å². The van der Waals surface area contributed by atoms with Crippen LogP contribution in [0, 0.1) is 0 Å². The Morgan fingerprint density at radius 1 is 1.47 bits per heavy atom. The zero-order chi connectivity index (χ0) is 12.4. The average molecular weight is 362 g/mol. The first-order valence-corrected chi connectivity index (χ1v) is 7.14. The van der Waals surface area contributed by atoms with Gasteiger partial charge in [-0.3, -0.25) is 4.79 Å². The second-order valence-corrected chi connectivity index (χ2v) is 6.00. The highest BCUT2D eigenvalue weighted by Crippen LogP contribution is 2.23. The monoisotopic (exact) mass is 360 g/mol. The zero-order valence-corrected chi connectivity index (χ0v) is 12.7. The largest absolute Gasteiger partial charge is 0.336 e. The number of benzene rings is 1. The minimum absolute atomic E-state index is 0.0951. The van der Waals surface area contributed by atoms with Crippen LogP contribution in [0.2, 0.25) is 0 Å². The number of hydrogen-bond donors (Lipinski definition) is 1. The van der Waals surface area contributed by atoms with E-state index < -0.39 is 0 Å². The number of nitrogens with one attached hydrogen (secondary N) is 1. The second-order valence-electron chi connectivity index (χ2n) is 4.23. The Kier molecular flexibility index (Phi) is 4.22. The third-order valence-electron chi connectivity index (χ3n) is 2.82. The quantitative estimate of drug-likeness (QED) is 0.833. The van der Waals surface area contributed by atoms with Gasteiger partial charge in [0, 0.05) is 34.6 Å². The number of amides is 1. The van der Waals surface area contributed by atoms with Gasteiger partial charge in [-0.15, -0.1) is 0 Å². The molecule has 0 aromatic heterocycles. The molecule has 1 saturated heterocycles. The Balaban J connectivity index is 2.18. The van der Waals surface area contributed by atoms with E-state index in [1.807, 2.05) is 23.1 Å². The van der Waals surface area contributed by atoms with Gasteiger partial charge in [0.1, 0.15) is 0 Å². The van der Waals surface area contributed by atoms with Crippen LogP contribution < -0.4 is 5.32 Å². The SMILES string of the molecule is C[C@@H]1CN(C(=O)c2ccc(Br)cc2Br)CCN1. The van der Waals surface area contributed by atoms with Crippen LogP contribution in [0.4, 0.5) is 0 Å². The number of carbonyl (C=O) groups is 1. The molecular weight excluding hydrogens is 348 g/mol. The van der Waals surface area contributed by atoms with Crippen LogP contribution in [0.1, 0.15) is 17.3 Å². The van der Waals surface area contributed by atoms with E-state index in [1.165, 1.54) is 0 Å². The first-order chi connectivity index (χ1) is 8.08. The fourth-order valence-electron chi connectivity index (χ4n) is 1.95. The lowest BCUT2D eigenvalue weighted by Crippen LogP contribution is -2.51. The molecule has 1 atom stereocenters. The smallest absolute Gasteiger partial charge is 0.255 e. The predicted octanol–water partition coefficient (Wildman–Crippen LogP) is 2.65. The topological polar surface area (TPSA) is 32.3 Å². The summed E-state index contributed by atoms with van der Waals surface area (Å²) in [6.45, 7) is 4.49. The minimum atomic E-state index is 0.0951. The molecule has 2 rings (SSSR count). The molecule has 0 aliphatic carbocycles. The van der Waals surface area contributed by atoms with Crippen molar-refractivity contribution in [3.8, 4) is 0 Å². The standard InChI is InChI=1S/C12H14Br2N2O/c1-8-7-16(5-4-15-8)12(17)10-3-2-9(13)6-11(10)14/h2-3,6,8,15H,4-5,7H2,1H3/t8-/m1/s1. The lowest BCUT2D eigenvalue weighted by Gasteiger charge is -2.32. The fourth-order valence-corrected chi connectivity index (χ4v) is 3.17. The number of hydrogen-bond acceptors (Lipinski definition) is 2. The van der Waals surface area contributed by atoms with Gasteiger partial charge in [-0.2, -0.15) is 0 Å². The molecule has 92 valence electrons. The average Bonchev–Trinajstić information content (AvgIpc) is 2.28. The molecular formula is C12H14Br2N2O. The fraction of sp³-hybridized carbons (Fsp3) is 0.417. The first kappa shape index (κ1) is 13.1. The van der Waals surface area contributed by atoms with Gasteiger partial charge in [-0.1, -0.05) is 15.9 Å². The highest BCUT2D eigenvalue weighted by molar-refractivity contribution is 9.11. The molecule has 0 saturated carbocycles. The van der Waals surface area contributed by atoms with Gasteiger partial charge in [-0.05, 0) is 41.1 Å². The van der Waals surface area contributed by atoms with Gasteiger partial charge < -0.3 is 10.2 Å². The third kappa shape index (κ3) is 3.09. The van der Waals surface area contributed by atoms with Crippen molar-refractivity contribution >= 4 is 37.8 Å². The van der Waals surface area contributed by atoms with Crippen molar-refractivity contribution in [1.82, 2.24) is 10.2 Å². The minimum Gasteiger partial charge on any atom is -0.336 e. The van der Waals surface area contributed by atoms with Crippen molar-refractivity contribution in [2.75, 3.05) is 19.6 Å². The summed E-state index contributed by atoms with van der Waals surface area (Å²) in [5.41, 5.74) is 0.724. The zero-order valence-electron chi connectivity index (χ0n) is 9.54. The molecule has 0 radical (unpaired) electrons. The van der Waals surface area contributed by atoms with Crippen molar-refractivity contribution in [3.63, 3.8) is 0 Å². The Morgan fingerprint density at radius 3 is 2.88 bits per heavy atom. The summed E-state index contributed by atoms with van der Waals surface area (Å²) in [4.78, 5) is 14.2. The number of halogens is 2. The number of carbonyl (C=O) groups excluding carboxylic acids is 1. The van der Waals surface area contributed by atoms with Crippen molar-refractivity contribution in [3.05, 3.63) is 32.7 Å². The Morgan fingerprint density at radius 2 is 2.24 bits per heavy atom. The van der Waals surface area contributed by atoms with Crippen LogP contribution in [0.5, 0.6) is 0 Å². The molecule has 1 fully saturated rings.